The fourth-order valence-electron chi connectivity index (χ4n) is 2.30. The largest absolute Gasteiger partial charge is 0.496 e. The van der Waals surface area contributed by atoms with E-state index < -0.39 is 10.0 Å². The van der Waals surface area contributed by atoms with E-state index in [1.54, 1.807) is 12.1 Å². The van der Waals surface area contributed by atoms with Crippen LogP contribution in [0.3, 0.4) is 0 Å². The van der Waals surface area contributed by atoms with Gasteiger partial charge in [0.25, 0.3) is 0 Å². The van der Waals surface area contributed by atoms with Crippen LogP contribution in [0.2, 0.25) is 0 Å². The summed E-state index contributed by atoms with van der Waals surface area (Å²) in [6.45, 7) is 3.48. The first kappa shape index (κ1) is 15.8. The third-order valence-electron chi connectivity index (χ3n) is 3.78. The van der Waals surface area contributed by atoms with Crippen LogP contribution in [0, 0.1) is 5.41 Å². The Balaban J connectivity index is 2.32. The summed E-state index contributed by atoms with van der Waals surface area (Å²) in [6, 6.07) is 4.81. The molecule has 1 unspecified atom stereocenters. The van der Waals surface area contributed by atoms with E-state index in [-0.39, 0.29) is 10.3 Å². The van der Waals surface area contributed by atoms with Crippen molar-refractivity contribution in [3.8, 4) is 5.75 Å². The zero-order chi connectivity index (χ0) is 15.0. The van der Waals surface area contributed by atoms with Crippen LogP contribution in [0.4, 0.5) is 0 Å². The van der Waals surface area contributed by atoms with E-state index in [1.807, 2.05) is 6.92 Å². The molecular weight excluding hydrogens is 344 g/mol. The Hall–Kier alpha value is -0.630. The molecule has 0 spiro atoms. The fourth-order valence-corrected chi connectivity index (χ4v) is 4.32. The van der Waals surface area contributed by atoms with Crippen molar-refractivity contribution in [1.29, 1.82) is 0 Å². The highest BCUT2D eigenvalue weighted by Crippen LogP contribution is 2.34. The van der Waals surface area contributed by atoms with Crippen molar-refractivity contribution in [3.05, 3.63) is 22.7 Å². The van der Waals surface area contributed by atoms with Crippen LogP contribution in [-0.2, 0) is 10.0 Å². The van der Waals surface area contributed by atoms with Crippen molar-refractivity contribution < 1.29 is 13.2 Å². The first-order valence-corrected chi connectivity index (χ1v) is 8.59. The molecule has 1 heterocycles. The van der Waals surface area contributed by atoms with Crippen LogP contribution in [0.1, 0.15) is 13.3 Å². The summed E-state index contributed by atoms with van der Waals surface area (Å²) in [6.07, 6.45) is 0.788. The molecule has 0 aromatic heterocycles. The molecule has 5 nitrogen and oxygen atoms in total. The summed E-state index contributed by atoms with van der Waals surface area (Å²) < 4.78 is 32.7. The second-order valence-electron chi connectivity index (χ2n) is 5.40. The van der Waals surface area contributed by atoms with Crippen molar-refractivity contribution >= 4 is 26.0 Å². The maximum Gasteiger partial charge on any atom is 0.243 e. The average Bonchev–Trinajstić information content (AvgIpc) is 2.83. The monoisotopic (exact) mass is 362 g/mol. The molecule has 1 fully saturated rings. The molecule has 7 heteroatoms. The number of rotatable bonds is 4. The molecule has 20 heavy (non-hydrogen) atoms. The number of hydrogen-bond acceptors (Lipinski definition) is 4. The molecule has 1 aliphatic rings. The predicted molar refractivity (Wildman–Crippen MR) is 81.2 cm³/mol. The van der Waals surface area contributed by atoms with Crippen molar-refractivity contribution in [1.82, 2.24) is 4.31 Å². The topological polar surface area (TPSA) is 72.6 Å². The molecule has 1 aromatic rings. The number of nitrogens with two attached hydrogens (primary N) is 1. The zero-order valence-electron chi connectivity index (χ0n) is 11.6. The SMILES string of the molecule is COc1cc(S(=O)(=O)N2CCC(C)(CN)C2)ccc1Br. The van der Waals surface area contributed by atoms with Crippen LogP contribution < -0.4 is 10.5 Å². The summed E-state index contributed by atoms with van der Waals surface area (Å²) >= 11 is 3.32. The van der Waals surface area contributed by atoms with Gasteiger partial charge in [0.05, 0.1) is 16.5 Å². The lowest BCUT2D eigenvalue weighted by Crippen LogP contribution is -2.34. The predicted octanol–water partition coefficient (Wildman–Crippen LogP) is 1.82. The van der Waals surface area contributed by atoms with Gasteiger partial charge in [-0.25, -0.2) is 8.42 Å². The third kappa shape index (κ3) is 2.86. The lowest BCUT2D eigenvalue weighted by Gasteiger charge is -2.22. The normalized spacial score (nSPS) is 24.0. The zero-order valence-corrected chi connectivity index (χ0v) is 14.0. The van der Waals surface area contributed by atoms with Gasteiger partial charge in [0.2, 0.25) is 10.0 Å². The quantitative estimate of drug-likeness (QED) is 0.886. The third-order valence-corrected chi connectivity index (χ3v) is 6.27. The molecular formula is C13H19BrN2O3S. The van der Waals surface area contributed by atoms with Gasteiger partial charge in [-0.05, 0) is 46.4 Å². The number of halogens is 1. The Morgan fingerprint density at radius 3 is 2.75 bits per heavy atom. The highest BCUT2D eigenvalue weighted by atomic mass is 79.9. The maximum absolute atomic E-state index is 12.6. The first-order valence-electron chi connectivity index (χ1n) is 6.36. The molecule has 0 saturated carbocycles. The molecule has 2 N–H and O–H groups in total. The Morgan fingerprint density at radius 1 is 1.50 bits per heavy atom. The molecule has 0 radical (unpaired) electrons. The van der Waals surface area contributed by atoms with E-state index in [4.69, 9.17) is 10.5 Å². The van der Waals surface area contributed by atoms with Crippen LogP contribution in [0.15, 0.2) is 27.6 Å². The fraction of sp³-hybridized carbons (Fsp3) is 0.538. The van der Waals surface area contributed by atoms with Gasteiger partial charge >= 0.3 is 0 Å². The molecule has 1 aromatic carbocycles. The minimum absolute atomic E-state index is 0.132. The van der Waals surface area contributed by atoms with E-state index >= 15 is 0 Å². The van der Waals surface area contributed by atoms with Crippen LogP contribution in [-0.4, -0.2) is 39.5 Å². The summed E-state index contributed by atoms with van der Waals surface area (Å²) in [5.74, 6) is 0.506. The van der Waals surface area contributed by atoms with Crippen LogP contribution in [0.5, 0.6) is 5.75 Å². The van der Waals surface area contributed by atoms with Gasteiger partial charge in [-0.15, -0.1) is 0 Å². The summed E-state index contributed by atoms with van der Waals surface area (Å²) in [5.41, 5.74) is 5.60. The van der Waals surface area contributed by atoms with Crippen molar-refractivity contribution in [2.45, 2.75) is 18.2 Å². The summed E-state index contributed by atoms with van der Waals surface area (Å²) in [5, 5.41) is 0. The molecule has 0 amide bonds. The van der Waals surface area contributed by atoms with Gasteiger partial charge in [0.15, 0.2) is 0 Å². The minimum atomic E-state index is -3.49. The number of nitrogens with zero attached hydrogens (tertiary/aromatic N) is 1. The van der Waals surface area contributed by atoms with Gasteiger partial charge in [0.1, 0.15) is 5.75 Å². The second kappa shape index (κ2) is 5.63. The van der Waals surface area contributed by atoms with E-state index in [2.05, 4.69) is 15.9 Å². The van der Waals surface area contributed by atoms with Crippen molar-refractivity contribution in [2.75, 3.05) is 26.7 Å². The van der Waals surface area contributed by atoms with E-state index in [9.17, 15) is 8.42 Å². The van der Waals surface area contributed by atoms with Gasteiger partial charge in [-0.2, -0.15) is 4.31 Å². The van der Waals surface area contributed by atoms with Crippen molar-refractivity contribution in [3.63, 3.8) is 0 Å². The Labute approximate surface area is 128 Å². The Kier molecular flexibility index (Phi) is 4.44. The lowest BCUT2D eigenvalue weighted by molar-refractivity contribution is 0.349. The highest BCUT2D eigenvalue weighted by molar-refractivity contribution is 9.10. The second-order valence-corrected chi connectivity index (χ2v) is 8.19. The van der Waals surface area contributed by atoms with Crippen LogP contribution in [0.25, 0.3) is 0 Å². The van der Waals surface area contributed by atoms with Gasteiger partial charge in [-0.1, -0.05) is 6.92 Å². The van der Waals surface area contributed by atoms with Gasteiger partial charge in [-0.3, -0.25) is 0 Å². The molecule has 0 aliphatic carbocycles. The molecule has 2 rings (SSSR count). The Bertz CT molecular complexity index is 606. The smallest absolute Gasteiger partial charge is 0.243 e. The van der Waals surface area contributed by atoms with Gasteiger partial charge in [0, 0.05) is 19.2 Å². The molecule has 1 saturated heterocycles. The molecule has 1 aliphatic heterocycles. The number of ether oxygens (including phenoxy) is 1. The average molecular weight is 363 g/mol. The summed E-state index contributed by atoms with van der Waals surface area (Å²) in [4.78, 5) is 0.249. The van der Waals surface area contributed by atoms with E-state index in [0.717, 1.165) is 10.9 Å². The number of methoxy groups -OCH3 is 1. The molecule has 1 atom stereocenters. The standard InChI is InChI=1S/C13H19BrN2O3S/c1-13(8-15)5-6-16(9-13)20(17,18)10-3-4-11(14)12(7-10)19-2/h3-4,7H,5-6,8-9,15H2,1-2H3. The minimum Gasteiger partial charge on any atom is -0.496 e. The lowest BCUT2D eigenvalue weighted by atomic mass is 9.90. The van der Waals surface area contributed by atoms with E-state index in [0.29, 0.717) is 25.4 Å². The number of benzene rings is 1. The summed E-state index contributed by atoms with van der Waals surface area (Å²) in [7, 11) is -1.98. The van der Waals surface area contributed by atoms with Crippen molar-refractivity contribution in [2.24, 2.45) is 11.1 Å². The van der Waals surface area contributed by atoms with E-state index in [1.165, 1.54) is 17.5 Å². The molecule has 0 bridgehead atoms. The number of sulfonamides is 1. The highest BCUT2D eigenvalue weighted by Gasteiger charge is 2.39. The maximum atomic E-state index is 12.6. The first-order chi connectivity index (χ1) is 9.32. The Morgan fingerprint density at radius 2 is 2.20 bits per heavy atom. The molecule has 112 valence electrons. The van der Waals surface area contributed by atoms with Gasteiger partial charge < -0.3 is 10.5 Å². The number of hydrogen-bond donors (Lipinski definition) is 1. The van der Waals surface area contributed by atoms with Crippen LogP contribution >= 0.6 is 15.9 Å².